The zero-order chi connectivity index (χ0) is 14.0. The van der Waals surface area contributed by atoms with E-state index in [1.165, 1.54) is 11.3 Å². The molecule has 1 aliphatic rings. The number of primary amides is 1. The standard InChI is InChI=1S/C12H14N2O4S/c13-11(18)10-6-2-1-3-7(6)19-12(10)14-8(15)4-5-9(16)17/h1-5H2,(H2,13,18)(H,14,15)(H,16,17)/p-1. The summed E-state index contributed by atoms with van der Waals surface area (Å²) in [6, 6.07) is 0. The fraction of sp³-hybridized carbons (Fsp3) is 0.417. The van der Waals surface area contributed by atoms with E-state index < -0.39 is 17.8 Å². The van der Waals surface area contributed by atoms with E-state index in [1.54, 1.807) is 0 Å². The molecular weight excluding hydrogens is 268 g/mol. The molecule has 2 amide bonds. The number of anilines is 1. The fourth-order valence-corrected chi connectivity index (χ4v) is 3.47. The van der Waals surface area contributed by atoms with E-state index >= 15 is 0 Å². The zero-order valence-corrected chi connectivity index (χ0v) is 11.0. The molecule has 0 unspecified atom stereocenters. The lowest BCUT2D eigenvalue weighted by atomic mass is 10.1. The summed E-state index contributed by atoms with van der Waals surface area (Å²) in [4.78, 5) is 34.4. The first kappa shape index (κ1) is 13.5. The van der Waals surface area contributed by atoms with Crippen LogP contribution in [0.2, 0.25) is 0 Å². The van der Waals surface area contributed by atoms with Gasteiger partial charge in [-0.05, 0) is 31.2 Å². The second-order valence-electron chi connectivity index (χ2n) is 4.35. The van der Waals surface area contributed by atoms with Gasteiger partial charge in [0.15, 0.2) is 0 Å². The van der Waals surface area contributed by atoms with Crippen molar-refractivity contribution < 1.29 is 19.5 Å². The summed E-state index contributed by atoms with van der Waals surface area (Å²) in [6.07, 6.45) is 2.14. The lowest BCUT2D eigenvalue weighted by molar-refractivity contribution is -0.305. The maximum absolute atomic E-state index is 11.6. The van der Waals surface area contributed by atoms with Crippen molar-refractivity contribution in [1.29, 1.82) is 0 Å². The molecule has 0 radical (unpaired) electrons. The largest absolute Gasteiger partial charge is 0.550 e. The van der Waals surface area contributed by atoms with Crippen LogP contribution >= 0.6 is 11.3 Å². The number of hydrogen-bond acceptors (Lipinski definition) is 5. The molecule has 19 heavy (non-hydrogen) atoms. The van der Waals surface area contributed by atoms with Crippen LogP contribution in [0.1, 0.15) is 40.1 Å². The number of aryl methyl sites for hydroxylation is 1. The number of hydrogen-bond donors (Lipinski definition) is 2. The number of rotatable bonds is 5. The van der Waals surface area contributed by atoms with Crippen molar-refractivity contribution in [2.75, 3.05) is 5.32 Å². The second-order valence-corrected chi connectivity index (χ2v) is 5.45. The Kier molecular flexibility index (Phi) is 3.84. The van der Waals surface area contributed by atoms with Gasteiger partial charge >= 0.3 is 0 Å². The van der Waals surface area contributed by atoms with Crippen LogP contribution in [-0.2, 0) is 22.4 Å². The van der Waals surface area contributed by atoms with Gasteiger partial charge < -0.3 is 21.0 Å². The molecule has 3 N–H and O–H groups in total. The Morgan fingerprint density at radius 3 is 2.63 bits per heavy atom. The van der Waals surface area contributed by atoms with Crippen molar-refractivity contribution in [3.05, 3.63) is 16.0 Å². The van der Waals surface area contributed by atoms with E-state index in [0.717, 1.165) is 29.7 Å². The Balaban J connectivity index is 2.14. The summed E-state index contributed by atoms with van der Waals surface area (Å²) in [7, 11) is 0. The van der Waals surface area contributed by atoms with Crippen molar-refractivity contribution in [3.8, 4) is 0 Å². The first-order valence-electron chi connectivity index (χ1n) is 5.93. The highest BCUT2D eigenvalue weighted by atomic mass is 32.1. The Bertz CT molecular complexity index is 550. The maximum atomic E-state index is 11.6. The Morgan fingerprint density at radius 1 is 1.26 bits per heavy atom. The van der Waals surface area contributed by atoms with Crippen molar-refractivity contribution in [2.45, 2.75) is 32.1 Å². The molecule has 1 aliphatic carbocycles. The van der Waals surface area contributed by atoms with Gasteiger partial charge in [-0.15, -0.1) is 11.3 Å². The van der Waals surface area contributed by atoms with E-state index in [2.05, 4.69) is 5.32 Å². The van der Waals surface area contributed by atoms with Gasteiger partial charge in [0.1, 0.15) is 5.00 Å². The lowest BCUT2D eigenvalue weighted by Gasteiger charge is -2.06. The molecule has 0 spiro atoms. The van der Waals surface area contributed by atoms with Gasteiger partial charge in [0.05, 0.1) is 5.56 Å². The quantitative estimate of drug-likeness (QED) is 0.778. The topological polar surface area (TPSA) is 112 Å². The Morgan fingerprint density at radius 2 is 2.00 bits per heavy atom. The van der Waals surface area contributed by atoms with Gasteiger partial charge in [-0.2, -0.15) is 0 Å². The number of aliphatic carboxylic acids is 1. The number of carboxylic acids is 1. The predicted molar refractivity (Wildman–Crippen MR) is 67.7 cm³/mol. The van der Waals surface area contributed by atoms with Crippen LogP contribution in [0.4, 0.5) is 5.00 Å². The van der Waals surface area contributed by atoms with Gasteiger partial charge in [0.2, 0.25) is 5.91 Å². The number of nitrogens with two attached hydrogens (primary N) is 1. The van der Waals surface area contributed by atoms with Crippen LogP contribution in [0.5, 0.6) is 0 Å². The number of nitrogens with one attached hydrogen (secondary N) is 1. The summed E-state index contributed by atoms with van der Waals surface area (Å²) in [5, 5.41) is 13.3. The molecule has 2 rings (SSSR count). The third-order valence-corrected chi connectivity index (χ3v) is 4.18. The first-order valence-corrected chi connectivity index (χ1v) is 6.74. The summed E-state index contributed by atoms with van der Waals surface area (Å²) >= 11 is 1.34. The van der Waals surface area contributed by atoms with Gasteiger partial charge in [-0.1, -0.05) is 0 Å². The third kappa shape index (κ3) is 2.93. The summed E-state index contributed by atoms with van der Waals surface area (Å²) < 4.78 is 0. The minimum atomic E-state index is -1.28. The number of carboxylic acid groups (broad SMARTS) is 1. The molecule has 7 heteroatoms. The number of fused-ring (bicyclic) bond motifs is 1. The van der Waals surface area contributed by atoms with Crippen LogP contribution in [0.25, 0.3) is 0 Å². The molecule has 1 aromatic rings. The van der Waals surface area contributed by atoms with Crippen molar-refractivity contribution in [2.24, 2.45) is 5.73 Å². The fourth-order valence-electron chi connectivity index (χ4n) is 2.16. The van der Waals surface area contributed by atoms with E-state index in [4.69, 9.17) is 5.73 Å². The zero-order valence-electron chi connectivity index (χ0n) is 10.2. The molecule has 0 aromatic carbocycles. The van der Waals surface area contributed by atoms with Gasteiger partial charge in [-0.25, -0.2) is 0 Å². The Hall–Kier alpha value is -1.89. The average molecular weight is 281 g/mol. The predicted octanol–water partition coefficient (Wildman–Crippen LogP) is -0.196. The molecule has 6 nitrogen and oxygen atoms in total. The molecule has 0 fully saturated rings. The minimum Gasteiger partial charge on any atom is -0.550 e. The summed E-state index contributed by atoms with van der Waals surface area (Å²) in [5.41, 5.74) is 6.64. The average Bonchev–Trinajstić information content (AvgIpc) is 2.85. The summed E-state index contributed by atoms with van der Waals surface area (Å²) in [5.74, 6) is -2.29. The van der Waals surface area contributed by atoms with Crippen LogP contribution in [0.3, 0.4) is 0 Å². The minimum absolute atomic E-state index is 0.177. The van der Waals surface area contributed by atoms with E-state index in [0.29, 0.717) is 10.6 Å². The van der Waals surface area contributed by atoms with Crippen LogP contribution in [0.15, 0.2) is 0 Å². The highest BCUT2D eigenvalue weighted by Gasteiger charge is 2.25. The molecule has 1 heterocycles. The molecule has 1 aromatic heterocycles. The monoisotopic (exact) mass is 281 g/mol. The normalized spacial score (nSPS) is 13.1. The molecule has 0 atom stereocenters. The van der Waals surface area contributed by atoms with Crippen molar-refractivity contribution in [1.82, 2.24) is 0 Å². The lowest BCUT2D eigenvalue weighted by Crippen LogP contribution is -2.24. The maximum Gasteiger partial charge on any atom is 0.251 e. The number of carbonyl (C=O) groups is 3. The second kappa shape index (κ2) is 5.40. The van der Waals surface area contributed by atoms with Gasteiger partial charge in [0, 0.05) is 17.3 Å². The highest BCUT2D eigenvalue weighted by molar-refractivity contribution is 7.17. The molecule has 0 saturated heterocycles. The number of amides is 2. The smallest absolute Gasteiger partial charge is 0.251 e. The van der Waals surface area contributed by atoms with E-state index in [1.807, 2.05) is 0 Å². The number of carbonyl (C=O) groups excluding carboxylic acids is 3. The van der Waals surface area contributed by atoms with Crippen molar-refractivity contribution in [3.63, 3.8) is 0 Å². The van der Waals surface area contributed by atoms with Crippen LogP contribution in [0, 0.1) is 0 Å². The molecule has 0 saturated carbocycles. The number of thiophene rings is 1. The highest BCUT2D eigenvalue weighted by Crippen LogP contribution is 2.38. The molecular formula is C12H13N2O4S-. The van der Waals surface area contributed by atoms with Gasteiger partial charge in [-0.3, -0.25) is 9.59 Å². The molecule has 0 aliphatic heterocycles. The van der Waals surface area contributed by atoms with E-state index in [-0.39, 0.29) is 12.8 Å². The molecule has 0 bridgehead atoms. The van der Waals surface area contributed by atoms with Crippen LogP contribution in [-0.4, -0.2) is 17.8 Å². The third-order valence-electron chi connectivity index (χ3n) is 2.98. The molecule has 102 valence electrons. The van der Waals surface area contributed by atoms with E-state index in [9.17, 15) is 19.5 Å². The summed E-state index contributed by atoms with van der Waals surface area (Å²) in [6.45, 7) is 0. The van der Waals surface area contributed by atoms with Crippen molar-refractivity contribution >= 4 is 34.1 Å². The van der Waals surface area contributed by atoms with Crippen LogP contribution < -0.4 is 16.2 Å². The van der Waals surface area contributed by atoms with Gasteiger partial charge in [0.25, 0.3) is 5.91 Å². The first-order chi connectivity index (χ1) is 8.99. The SMILES string of the molecule is NC(=O)c1c(NC(=O)CCC(=O)[O-])sc2c1CCC2. The Labute approximate surface area is 113 Å².